The van der Waals surface area contributed by atoms with E-state index in [4.69, 9.17) is 4.74 Å². The highest BCUT2D eigenvalue weighted by molar-refractivity contribution is 5.40. The SMILES string of the molecule is CCC1(C)CN(c2cc(C)nc(C)n2)CCO1. The predicted molar refractivity (Wildman–Crippen MR) is 68.4 cm³/mol. The molecule has 1 unspecified atom stereocenters. The maximum absolute atomic E-state index is 5.84. The second-order valence-electron chi connectivity index (χ2n) is 4.99. The molecule has 2 heterocycles. The lowest BCUT2D eigenvalue weighted by Crippen LogP contribution is -2.50. The van der Waals surface area contributed by atoms with E-state index in [1.807, 2.05) is 13.8 Å². The molecule has 1 fully saturated rings. The summed E-state index contributed by atoms with van der Waals surface area (Å²) in [6.45, 7) is 10.9. The minimum atomic E-state index is -0.0506. The summed E-state index contributed by atoms with van der Waals surface area (Å²) in [6.07, 6.45) is 1.02. The summed E-state index contributed by atoms with van der Waals surface area (Å²) in [7, 11) is 0. The van der Waals surface area contributed by atoms with E-state index in [0.29, 0.717) is 0 Å². The van der Waals surface area contributed by atoms with Crippen LogP contribution in [-0.2, 0) is 4.74 Å². The van der Waals surface area contributed by atoms with Crippen molar-refractivity contribution in [1.29, 1.82) is 0 Å². The van der Waals surface area contributed by atoms with Gasteiger partial charge in [0.15, 0.2) is 0 Å². The summed E-state index contributed by atoms with van der Waals surface area (Å²) >= 11 is 0. The van der Waals surface area contributed by atoms with Crippen LogP contribution >= 0.6 is 0 Å². The monoisotopic (exact) mass is 235 g/mol. The lowest BCUT2D eigenvalue weighted by atomic mass is 10.0. The van der Waals surface area contributed by atoms with E-state index in [9.17, 15) is 0 Å². The molecule has 0 N–H and O–H groups in total. The van der Waals surface area contributed by atoms with Gasteiger partial charge in [-0.1, -0.05) is 6.92 Å². The third-order valence-electron chi connectivity index (χ3n) is 3.36. The number of morpholine rings is 1. The number of aryl methyl sites for hydroxylation is 2. The van der Waals surface area contributed by atoms with Crippen LogP contribution in [0.15, 0.2) is 6.07 Å². The topological polar surface area (TPSA) is 38.2 Å². The summed E-state index contributed by atoms with van der Waals surface area (Å²) in [5, 5.41) is 0. The molecule has 94 valence electrons. The van der Waals surface area contributed by atoms with Crippen molar-refractivity contribution < 1.29 is 4.74 Å². The molecule has 0 radical (unpaired) electrons. The van der Waals surface area contributed by atoms with Gasteiger partial charge in [-0.05, 0) is 27.2 Å². The van der Waals surface area contributed by atoms with Crippen molar-refractivity contribution in [3.05, 3.63) is 17.6 Å². The number of rotatable bonds is 2. The van der Waals surface area contributed by atoms with Crippen LogP contribution in [-0.4, -0.2) is 35.3 Å². The van der Waals surface area contributed by atoms with Gasteiger partial charge in [-0.2, -0.15) is 0 Å². The highest BCUT2D eigenvalue weighted by atomic mass is 16.5. The van der Waals surface area contributed by atoms with E-state index >= 15 is 0 Å². The molecule has 4 nitrogen and oxygen atoms in total. The Balaban J connectivity index is 2.21. The zero-order chi connectivity index (χ0) is 12.5. The van der Waals surface area contributed by atoms with Crippen molar-refractivity contribution in [2.24, 2.45) is 0 Å². The fourth-order valence-corrected chi connectivity index (χ4v) is 2.20. The lowest BCUT2D eigenvalue weighted by molar-refractivity contribution is -0.0443. The van der Waals surface area contributed by atoms with Gasteiger partial charge in [-0.25, -0.2) is 9.97 Å². The highest BCUT2D eigenvalue weighted by Crippen LogP contribution is 2.24. The number of aromatic nitrogens is 2. The number of nitrogens with zero attached hydrogens (tertiary/aromatic N) is 3. The molecule has 17 heavy (non-hydrogen) atoms. The molecule has 1 aliphatic heterocycles. The third-order valence-corrected chi connectivity index (χ3v) is 3.36. The molecule has 1 aliphatic rings. The molecule has 0 spiro atoms. The standard InChI is InChI=1S/C13H21N3O/c1-5-13(4)9-16(6-7-17-13)12-8-10(2)14-11(3)15-12/h8H,5-7,9H2,1-4H3. The van der Waals surface area contributed by atoms with E-state index < -0.39 is 0 Å². The Hall–Kier alpha value is -1.16. The van der Waals surface area contributed by atoms with Gasteiger partial charge in [0.1, 0.15) is 11.6 Å². The van der Waals surface area contributed by atoms with E-state index in [0.717, 1.165) is 43.5 Å². The number of hydrogen-bond donors (Lipinski definition) is 0. The molecule has 2 rings (SSSR count). The van der Waals surface area contributed by atoms with Crippen LogP contribution in [0.5, 0.6) is 0 Å². The summed E-state index contributed by atoms with van der Waals surface area (Å²) in [6, 6.07) is 2.05. The van der Waals surface area contributed by atoms with Crippen LogP contribution in [0.2, 0.25) is 0 Å². The molecule has 0 aliphatic carbocycles. The minimum absolute atomic E-state index is 0.0506. The van der Waals surface area contributed by atoms with Gasteiger partial charge in [0.05, 0.1) is 12.2 Å². The van der Waals surface area contributed by atoms with E-state index in [2.05, 4.69) is 34.8 Å². The van der Waals surface area contributed by atoms with E-state index in [1.54, 1.807) is 0 Å². The maximum Gasteiger partial charge on any atom is 0.132 e. The van der Waals surface area contributed by atoms with E-state index in [1.165, 1.54) is 0 Å². The number of ether oxygens (including phenoxy) is 1. The average molecular weight is 235 g/mol. The van der Waals surface area contributed by atoms with Crippen molar-refractivity contribution in [1.82, 2.24) is 9.97 Å². The molecule has 1 aromatic heterocycles. The van der Waals surface area contributed by atoms with Gasteiger partial charge in [0.2, 0.25) is 0 Å². The predicted octanol–water partition coefficient (Wildman–Crippen LogP) is 2.10. The Morgan fingerprint density at radius 1 is 1.41 bits per heavy atom. The minimum Gasteiger partial charge on any atom is -0.372 e. The van der Waals surface area contributed by atoms with Crippen LogP contribution in [0.4, 0.5) is 5.82 Å². The Morgan fingerprint density at radius 2 is 2.18 bits per heavy atom. The van der Waals surface area contributed by atoms with Crippen molar-refractivity contribution >= 4 is 5.82 Å². The summed E-state index contributed by atoms with van der Waals surface area (Å²) in [4.78, 5) is 11.1. The van der Waals surface area contributed by atoms with Gasteiger partial charge >= 0.3 is 0 Å². The molecule has 4 heteroatoms. The van der Waals surface area contributed by atoms with Crippen LogP contribution in [0, 0.1) is 13.8 Å². The zero-order valence-corrected chi connectivity index (χ0v) is 11.2. The molecule has 0 amide bonds. The van der Waals surface area contributed by atoms with Crippen LogP contribution in [0.1, 0.15) is 31.8 Å². The quantitative estimate of drug-likeness (QED) is 0.787. The smallest absolute Gasteiger partial charge is 0.132 e. The molecule has 0 bridgehead atoms. The first-order chi connectivity index (χ1) is 8.02. The second kappa shape index (κ2) is 4.61. The lowest BCUT2D eigenvalue weighted by Gasteiger charge is -2.40. The Morgan fingerprint density at radius 3 is 2.82 bits per heavy atom. The fourth-order valence-electron chi connectivity index (χ4n) is 2.20. The van der Waals surface area contributed by atoms with Crippen LogP contribution < -0.4 is 4.90 Å². The number of hydrogen-bond acceptors (Lipinski definition) is 4. The van der Waals surface area contributed by atoms with Crippen molar-refractivity contribution in [3.63, 3.8) is 0 Å². The van der Waals surface area contributed by atoms with Gasteiger partial charge in [0.25, 0.3) is 0 Å². The Bertz CT molecular complexity index is 387. The third kappa shape index (κ3) is 2.75. The molecule has 1 saturated heterocycles. The molecule has 0 saturated carbocycles. The van der Waals surface area contributed by atoms with Crippen LogP contribution in [0.3, 0.4) is 0 Å². The summed E-state index contributed by atoms with van der Waals surface area (Å²) in [5.41, 5.74) is 0.975. The highest BCUT2D eigenvalue weighted by Gasteiger charge is 2.30. The average Bonchev–Trinajstić information content (AvgIpc) is 2.28. The first-order valence-corrected chi connectivity index (χ1v) is 6.23. The summed E-state index contributed by atoms with van der Waals surface area (Å²) < 4.78 is 5.84. The largest absolute Gasteiger partial charge is 0.372 e. The number of anilines is 1. The normalized spacial score (nSPS) is 25.1. The Labute approximate surface area is 103 Å². The first kappa shape index (κ1) is 12.3. The fraction of sp³-hybridized carbons (Fsp3) is 0.692. The molecular weight excluding hydrogens is 214 g/mol. The van der Waals surface area contributed by atoms with Crippen LogP contribution in [0.25, 0.3) is 0 Å². The maximum atomic E-state index is 5.84. The van der Waals surface area contributed by atoms with Gasteiger partial charge in [0, 0.05) is 24.8 Å². The van der Waals surface area contributed by atoms with Crippen molar-refractivity contribution in [2.75, 3.05) is 24.6 Å². The Kier molecular flexibility index (Phi) is 3.33. The molecule has 1 aromatic rings. The van der Waals surface area contributed by atoms with Gasteiger partial charge in [-0.3, -0.25) is 0 Å². The molecular formula is C13H21N3O. The van der Waals surface area contributed by atoms with Crippen molar-refractivity contribution in [3.8, 4) is 0 Å². The van der Waals surface area contributed by atoms with Gasteiger partial charge in [-0.15, -0.1) is 0 Å². The first-order valence-electron chi connectivity index (χ1n) is 6.23. The second-order valence-corrected chi connectivity index (χ2v) is 4.99. The molecule has 1 atom stereocenters. The van der Waals surface area contributed by atoms with E-state index in [-0.39, 0.29) is 5.60 Å². The zero-order valence-electron chi connectivity index (χ0n) is 11.2. The molecule has 0 aromatic carbocycles. The van der Waals surface area contributed by atoms with Gasteiger partial charge < -0.3 is 9.64 Å². The summed E-state index contributed by atoms with van der Waals surface area (Å²) in [5.74, 6) is 1.86. The van der Waals surface area contributed by atoms with Crippen molar-refractivity contribution in [2.45, 2.75) is 39.7 Å².